The van der Waals surface area contributed by atoms with Crippen LogP contribution >= 0.6 is 0 Å². The first-order valence-electron chi connectivity index (χ1n) is 8.97. The van der Waals surface area contributed by atoms with Crippen molar-refractivity contribution in [3.05, 3.63) is 89.6 Å². The predicted molar refractivity (Wildman–Crippen MR) is 103 cm³/mol. The van der Waals surface area contributed by atoms with Crippen molar-refractivity contribution in [3.63, 3.8) is 0 Å². The van der Waals surface area contributed by atoms with Crippen molar-refractivity contribution < 1.29 is 27.2 Å². The first-order valence-corrected chi connectivity index (χ1v) is 8.97. The van der Waals surface area contributed by atoms with Crippen molar-refractivity contribution >= 4 is 17.5 Å². The van der Waals surface area contributed by atoms with Crippen LogP contribution in [0.4, 0.5) is 18.9 Å². The summed E-state index contributed by atoms with van der Waals surface area (Å²) >= 11 is 0. The first-order chi connectivity index (χ1) is 14.5. The zero-order chi connectivity index (χ0) is 21.5. The van der Waals surface area contributed by atoms with Gasteiger partial charge in [0.2, 0.25) is 11.8 Å². The van der Waals surface area contributed by atoms with Crippen LogP contribution in [0.2, 0.25) is 0 Å². The molecule has 0 saturated heterocycles. The monoisotopic (exact) mass is 417 g/mol. The molecule has 30 heavy (non-hydrogen) atoms. The second kappa shape index (κ2) is 9.75. The molecule has 0 radical (unpaired) electrons. The summed E-state index contributed by atoms with van der Waals surface area (Å²) in [7, 11) is 0. The molecule has 2 amide bonds. The third-order valence-corrected chi connectivity index (χ3v) is 4.18. The fraction of sp³-hybridized carbons (Fsp3) is 0.143. The normalized spacial score (nSPS) is 11.7. The number of rotatable bonds is 8. The lowest BCUT2D eigenvalue weighted by Gasteiger charge is -2.17. The Kier molecular flexibility index (Phi) is 6.87. The molecule has 3 rings (SSSR count). The molecular formula is C21H18F3N3O3. The number of hydrogen-bond acceptors (Lipinski definition) is 4. The molecule has 0 aliphatic carbocycles. The molecule has 1 atom stereocenters. The van der Waals surface area contributed by atoms with E-state index in [0.717, 1.165) is 11.6 Å². The number of hydrogen-bond donors (Lipinski definition) is 3. The van der Waals surface area contributed by atoms with E-state index in [0.29, 0.717) is 11.8 Å². The number of benzene rings is 2. The molecule has 0 aliphatic rings. The van der Waals surface area contributed by atoms with Crippen molar-refractivity contribution in [2.75, 3.05) is 18.4 Å². The van der Waals surface area contributed by atoms with Gasteiger partial charge in [-0.15, -0.1) is 0 Å². The summed E-state index contributed by atoms with van der Waals surface area (Å²) in [6.45, 7) is -0.608. The Balaban J connectivity index is 1.52. The van der Waals surface area contributed by atoms with Gasteiger partial charge in [0.15, 0.2) is 17.5 Å². The fourth-order valence-corrected chi connectivity index (χ4v) is 2.74. The molecule has 3 N–H and O–H groups in total. The van der Waals surface area contributed by atoms with Crippen LogP contribution in [0.25, 0.3) is 0 Å². The van der Waals surface area contributed by atoms with Crippen LogP contribution in [0.1, 0.15) is 17.4 Å². The third-order valence-electron chi connectivity index (χ3n) is 4.18. The molecule has 6 nitrogen and oxygen atoms in total. The minimum Gasteiger partial charge on any atom is -0.467 e. The average molecular weight is 417 g/mol. The molecular weight excluding hydrogens is 399 g/mol. The van der Waals surface area contributed by atoms with Gasteiger partial charge in [-0.3, -0.25) is 14.9 Å². The van der Waals surface area contributed by atoms with Crippen molar-refractivity contribution in [2.45, 2.75) is 6.04 Å². The topological polar surface area (TPSA) is 83.4 Å². The molecule has 0 unspecified atom stereocenters. The predicted octanol–water partition coefficient (Wildman–Crippen LogP) is 3.13. The summed E-state index contributed by atoms with van der Waals surface area (Å²) in [5.41, 5.74) is 0.361. The summed E-state index contributed by atoms with van der Waals surface area (Å²) in [5, 5.41) is 7.49. The maximum atomic E-state index is 13.6. The molecule has 0 aliphatic heterocycles. The minimum absolute atomic E-state index is 0.132. The highest BCUT2D eigenvalue weighted by Crippen LogP contribution is 2.22. The highest BCUT2D eigenvalue weighted by molar-refractivity contribution is 5.94. The first kappa shape index (κ1) is 21.1. The summed E-state index contributed by atoms with van der Waals surface area (Å²) in [4.78, 5) is 24.0. The van der Waals surface area contributed by atoms with Crippen molar-refractivity contribution in [1.29, 1.82) is 0 Å². The van der Waals surface area contributed by atoms with Crippen LogP contribution < -0.4 is 16.0 Å². The molecule has 0 fully saturated rings. The maximum absolute atomic E-state index is 13.6. The van der Waals surface area contributed by atoms with Gasteiger partial charge in [0.1, 0.15) is 5.76 Å². The van der Waals surface area contributed by atoms with E-state index in [9.17, 15) is 22.8 Å². The zero-order valence-corrected chi connectivity index (χ0v) is 15.6. The van der Waals surface area contributed by atoms with Crippen LogP contribution in [-0.4, -0.2) is 24.9 Å². The summed E-state index contributed by atoms with van der Waals surface area (Å²) < 4.78 is 45.1. The highest BCUT2D eigenvalue weighted by atomic mass is 19.2. The lowest BCUT2D eigenvalue weighted by molar-refractivity contribution is -0.123. The van der Waals surface area contributed by atoms with Crippen LogP contribution in [-0.2, 0) is 9.59 Å². The van der Waals surface area contributed by atoms with Crippen molar-refractivity contribution in [3.8, 4) is 0 Å². The summed E-state index contributed by atoms with van der Waals surface area (Å²) in [6, 6.07) is 14.0. The molecule has 156 valence electrons. The van der Waals surface area contributed by atoms with Crippen molar-refractivity contribution in [2.24, 2.45) is 0 Å². The molecule has 0 bridgehead atoms. The van der Waals surface area contributed by atoms with Crippen LogP contribution in [0, 0.1) is 17.5 Å². The van der Waals surface area contributed by atoms with Gasteiger partial charge in [0.05, 0.1) is 31.1 Å². The Bertz CT molecular complexity index is 1010. The standard InChI is InChI=1S/C21H18F3N3O3/c22-14-8-9-15(20(24)19(14)23)27-18(29)12-25-17(28)11-26-21(16-7-4-10-30-16)13-5-2-1-3-6-13/h1-10,21,26H,11-12H2,(H,25,28)(H,27,29)/t21-/m1/s1. The van der Waals surface area contributed by atoms with Gasteiger partial charge in [0.25, 0.3) is 0 Å². The van der Waals surface area contributed by atoms with Crippen LogP contribution in [0.3, 0.4) is 0 Å². The quantitative estimate of drug-likeness (QED) is 0.492. The SMILES string of the molecule is O=C(CN[C@H](c1ccccc1)c1ccco1)NCC(=O)Nc1ccc(F)c(F)c1F. The van der Waals surface area contributed by atoms with E-state index >= 15 is 0 Å². The number of amides is 2. The number of anilines is 1. The number of halogens is 3. The number of nitrogens with one attached hydrogen (secondary N) is 3. The van der Waals surface area contributed by atoms with Gasteiger partial charge in [-0.05, 0) is 29.8 Å². The van der Waals surface area contributed by atoms with E-state index < -0.39 is 41.5 Å². The van der Waals surface area contributed by atoms with E-state index in [1.54, 1.807) is 12.1 Å². The Morgan fingerprint density at radius 1 is 0.867 bits per heavy atom. The van der Waals surface area contributed by atoms with Gasteiger partial charge >= 0.3 is 0 Å². The molecule has 1 aromatic heterocycles. The van der Waals surface area contributed by atoms with Crippen LogP contribution in [0.15, 0.2) is 65.3 Å². The lowest BCUT2D eigenvalue weighted by Crippen LogP contribution is -2.39. The van der Waals surface area contributed by atoms with Gasteiger partial charge in [-0.2, -0.15) is 0 Å². The fourth-order valence-electron chi connectivity index (χ4n) is 2.74. The van der Waals surface area contributed by atoms with Gasteiger partial charge in [-0.1, -0.05) is 30.3 Å². The summed E-state index contributed by atoms with van der Waals surface area (Å²) in [5.74, 6) is -5.25. The van der Waals surface area contributed by atoms with E-state index in [1.165, 1.54) is 6.26 Å². The molecule has 2 aromatic carbocycles. The summed E-state index contributed by atoms with van der Waals surface area (Å²) in [6.07, 6.45) is 1.52. The van der Waals surface area contributed by atoms with Gasteiger partial charge in [-0.25, -0.2) is 13.2 Å². The zero-order valence-electron chi connectivity index (χ0n) is 15.6. The second-order valence-electron chi connectivity index (χ2n) is 6.29. The third kappa shape index (κ3) is 5.26. The van der Waals surface area contributed by atoms with E-state index in [1.807, 2.05) is 30.3 Å². The number of carbonyl (C=O) groups excluding carboxylic acids is 2. The van der Waals surface area contributed by atoms with E-state index in [2.05, 4.69) is 16.0 Å². The largest absolute Gasteiger partial charge is 0.467 e. The van der Waals surface area contributed by atoms with Crippen LogP contribution in [0.5, 0.6) is 0 Å². The Morgan fingerprint density at radius 2 is 1.63 bits per heavy atom. The van der Waals surface area contributed by atoms with Gasteiger partial charge < -0.3 is 15.1 Å². The smallest absolute Gasteiger partial charge is 0.243 e. The Morgan fingerprint density at radius 3 is 2.33 bits per heavy atom. The minimum atomic E-state index is -1.69. The van der Waals surface area contributed by atoms with Crippen molar-refractivity contribution in [1.82, 2.24) is 10.6 Å². The second-order valence-corrected chi connectivity index (χ2v) is 6.29. The number of furan rings is 1. The Hall–Kier alpha value is -3.59. The van der Waals surface area contributed by atoms with E-state index in [-0.39, 0.29) is 12.6 Å². The molecule has 0 saturated carbocycles. The molecule has 1 heterocycles. The van der Waals surface area contributed by atoms with E-state index in [4.69, 9.17) is 4.42 Å². The molecule has 3 aromatic rings. The molecule has 0 spiro atoms. The Labute approximate surface area is 170 Å². The number of carbonyl (C=O) groups is 2. The lowest BCUT2D eigenvalue weighted by atomic mass is 10.0. The maximum Gasteiger partial charge on any atom is 0.243 e. The average Bonchev–Trinajstić information content (AvgIpc) is 3.28. The molecule has 9 heteroatoms. The highest BCUT2D eigenvalue weighted by Gasteiger charge is 2.18. The van der Waals surface area contributed by atoms with Gasteiger partial charge in [0, 0.05) is 0 Å².